The molecule has 3 aromatic rings. The quantitative estimate of drug-likeness (QED) is 0.614. The molecule has 0 bridgehead atoms. The molecule has 0 saturated carbocycles. The van der Waals surface area contributed by atoms with Gasteiger partial charge in [-0.05, 0) is 42.5 Å². The van der Waals surface area contributed by atoms with E-state index in [4.69, 9.17) is 16.0 Å². The van der Waals surface area contributed by atoms with Crippen molar-refractivity contribution in [2.75, 3.05) is 5.32 Å². The number of hydrogen-bond donors (Lipinski definition) is 1. The third-order valence-electron chi connectivity index (χ3n) is 2.84. The Hall–Kier alpha value is -1.23. The monoisotopic (exact) mass is 367 g/mol. The zero-order chi connectivity index (χ0) is 13.9. The predicted octanol–water partition coefficient (Wildman–Crippen LogP) is 5.96. The first-order valence-corrected chi connectivity index (χ1v) is 8.02. The highest BCUT2D eigenvalue weighted by Gasteiger charge is 2.18. The van der Waals surface area contributed by atoms with E-state index in [-0.39, 0.29) is 6.04 Å². The summed E-state index contributed by atoms with van der Waals surface area (Å²) in [5.41, 5.74) is 1.02. The molecule has 0 fully saturated rings. The number of anilines is 1. The molecule has 2 aromatic heterocycles. The smallest absolute Gasteiger partial charge is 0.131 e. The van der Waals surface area contributed by atoms with E-state index in [1.165, 1.54) is 0 Å². The molecule has 0 amide bonds. The molecule has 1 aromatic carbocycles. The van der Waals surface area contributed by atoms with Gasteiger partial charge in [-0.3, -0.25) is 0 Å². The lowest BCUT2D eigenvalue weighted by molar-refractivity contribution is 0.501. The summed E-state index contributed by atoms with van der Waals surface area (Å²) in [4.78, 5) is 1.12. The molecular weight excluding hydrogens is 358 g/mol. The first-order valence-electron chi connectivity index (χ1n) is 6.03. The first-order chi connectivity index (χ1) is 9.72. The van der Waals surface area contributed by atoms with Crippen LogP contribution in [0.4, 0.5) is 5.69 Å². The van der Waals surface area contributed by atoms with E-state index in [0.29, 0.717) is 0 Å². The van der Waals surface area contributed by atoms with Gasteiger partial charge in [0, 0.05) is 15.0 Å². The van der Waals surface area contributed by atoms with Gasteiger partial charge in [0.15, 0.2) is 0 Å². The Bertz CT molecular complexity index is 695. The van der Waals surface area contributed by atoms with Crippen molar-refractivity contribution in [2.45, 2.75) is 6.04 Å². The fourth-order valence-corrected chi connectivity index (χ4v) is 3.49. The number of hydrogen-bond acceptors (Lipinski definition) is 3. The molecule has 0 radical (unpaired) electrons. The van der Waals surface area contributed by atoms with Crippen LogP contribution in [0.5, 0.6) is 0 Å². The lowest BCUT2D eigenvalue weighted by Crippen LogP contribution is -2.10. The summed E-state index contributed by atoms with van der Waals surface area (Å²) in [7, 11) is 0. The summed E-state index contributed by atoms with van der Waals surface area (Å²) < 4.78 is 7.35. The molecule has 0 aliphatic heterocycles. The molecule has 1 atom stereocenters. The van der Waals surface area contributed by atoms with Crippen LogP contribution in [0.1, 0.15) is 16.7 Å². The highest BCUT2D eigenvalue weighted by atomic mass is 79.9. The summed E-state index contributed by atoms with van der Waals surface area (Å²) in [6, 6.07) is 15.8. The Morgan fingerprint density at radius 1 is 1.15 bits per heavy atom. The Balaban J connectivity index is 1.94. The maximum absolute atomic E-state index is 6.05. The van der Waals surface area contributed by atoms with Crippen LogP contribution in [-0.2, 0) is 0 Å². The summed E-state index contributed by atoms with van der Waals surface area (Å²) in [6.07, 6.45) is 1.68. The molecule has 102 valence electrons. The molecular formula is C15H11BrClNOS. The first kappa shape index (κ1) is 13.7. The molecule has 0 saturated heterocycles. The van der Waals surface area contributed by atoms with Gasteiger partial charge >= 0.3 is 0 Å². The molecule has 2 nitrogen and oxygen atoms in total. The average molecular weight is 369 g/mol. The second kappa shape index (κ2) is 6.04. The van der Waals surface area contributed by atoms with E-state index in [1.807, 2.05) is 48.5 Å². The topological polar surface area (TPSA) is 25.2 Å². The van der Waals surface area contributed by atoms with Gasteiger partial charge in [-0.15, -0.1) is 11.3 Å². The van der Waals surface area contributed by atoms with Crippen LogP contribution in [0.25, 0.3) is 0 Å². The third-order valence-corrected chi connectivity index (χ3v) is 4.63. The normalized spacial score (nSPS) is 12.3. The highest BCUT2D eigenvalue weighted by Crippen LogP contribution is 2.34. The van der Waals surface area contributed by atoms with Crippen LogP contribution in [-0.4, -0.2) is 0 Å². The van der Waals surface area contributed by atoms with E-state index in [9.17, 15) is 0 Å². The zero-order valence-electron chi connectivity index (χ0n) is 10.3. The second-order valence-corrected chi connectivity index (χ2v) is 6.91. The van der Waals surface area contributed by atoms with E-state index in [0.717, 1.165) is 25.1 Å². The molecule has 2 heterocycles. The fraction of sp³-hybridized carbons (Fsp3) is 0.0667. The molecule has 5 heteroatoms. The van der Waals surface area contributed by atoms with Crippen LogP contribution >= 0.6 is 38.9 Å². The average Bonchev–Trinajstić information content (AvgIpc) is 3.07. The zero-order valence-corrected chi connectivity index (χ0v) is 13.5. The lowest BCUT2D eigenvalue weighted by atomic mass is 10.1. The van der Waals surface area contributed by atoms with Crippen molar-refractivity contribution in [3.05, 3.63) is 74.2 Å². The molecule has 20 heavy (non-hydrogen) atoms. The van der Waals surface area contributed by atoms with Crippen molar-refractivity contribution in [3.63, 3.8) is 0 Å². The van der Waals surface area contributed by atoms with E-state index in [2.05, 4.69) is 21.2 Å². The van der Waals surface area contributed by atoms with E-state index >= 15 is 0 Å². The number of thiophene rings is 1. The van der Waals surface area contributed by atoms with Gasteiger partial charge in [-0.25, -0.2) is 0 Å². The molecule has 1 unspecified atom stereocenters. The largest absolute Gasteiger partial charge is 0.467 e. The number of halogens is 2. The highest BCUT2D eigenvalue weighted by molar-refractivity contribution is 9.10. The minimum atomic E-state index is -0.0446. The molecule has 0 aliphatic carbocycles. The van der Waals surface area contributed by atoms with Gasteiger partial charge in [0.25, 0.3) is 0 Å². The molecule has 3 rings (SSSR count). The summed E-state index contributed by atoms with van der Waals surface area (Å²) >= 11 is 11.1. The van der Waals surface area contributed by atoms with E-state index < -0.39 is 0 Å². The SMILES string of the molecule is Clc1ccc(C(Nc2cccc(Br)c2)c2ccco2)s1. The van der Waals surface area contributed by atoms with Crippen molar-refractivity contribution in [3.8, 4) is 0 Å². The van der Waals surface area contributed by atoms with Gasteiger partial charge < -0.3 is 9.73 Å². The van der Waals surface area contributed by atoms with Crippen molar-refractivity contribution in [2.24, 2.45) is 0 Å². The number of rotatable bonds is 4. The maximum atomic E-state index is 6.05. The molecule has 1 N–H and O–H groups in total. The van der Waals surface area contributed by atoms with Crippen molar-refractivity contribution in [1.82, 2.24) is 0 Å². The van der Waals surface area contributed by atoms with Gasteiger partial charge in [-0.1, -0.05) is 33.6 Å². The molecule has 0 aliphatic rings. The minimum Gasteiger partial charge on any atom is -0.467 e. The number of nitrogens with one attached hydrogen (secondary N) is 1. The summed E-state index contributed by atoms with van der Waals surface area (Å²) in [5.74, 6) is 0.864. The predicted molar refractivity (Wildman–Crippen MR) is 87.6 cm³/mol. The Morgan fingerprint density at radius 3 is 2.70 bits per heavy atom. The van der Waals surface area contributed by atoms with Crippen LogP contribution < -0.4 is 5.32 Å². The Morgan fingerprint density at radius 2 is 2.05 bits per heavy atom. The lowest BCUT2D eigenvalue weighted by Gasteiger charge is -2.16. The minimum absolute atomic E-state index is 0.0446. The van der Waals surface area contributed by atoms with Crippen LogP contribution in [0.3, 0.4) is 0 Å². The Labute approximate surface area is 134 Å². The summed E-state index contributed by atoms with van der Waals surface area (Å²) in [5, 5.41) is 3.48. The molecule has 0 spiro atoms. The van der Waals surface area contributed by atoms with Gasteiger partial charge in [0.1, 0.15) is 11.8 Å². The van der Waals surface area contributed by atoms with Crippen LogP contribution in [0, 0.1) is 0 Å². The van der Waals surface area contributed by atoms with Gasteiger partial charge in [0.2, 0.25) is 0 Å². The second-order valence-electron chi connectivity index (χ2n) is 4.24. The number of furan rings is 1. The third kappa shape index (κ3) is 3.08. The Kier molecular flexibility index (Phi) is 4.15. The van der Waals surface area contributed by atoms with E-state index in [1.54, 1.807) is 17.6 Å². The van der Waals surface area contributed by atoms with Gasteiger partial charge in [0.05, 0.1) is 10.6 Å². The van der Waals surface area contributed by atoms with Crippen LogP contribution in [0.2, 0.25) is 4.34 Å². The van der Waals surface area contributed by atoms with Crippen molar-refractivity contribution in [1.29, 1.82) is 0 Å². The van der Waals surface area contributed by atoms with Gasteiger partial charge in [-0.2, -0.15) is 0 Å². The summed E-state index contributed by atoms with van der Waals surface area (Å²) in [6.45, 7) is 0. The van der Waals surface area contributed by atoms with Crippen molar-refractivity contribution < 1.29 is 4.42 Å². The van der Waals surface area contributed by atoms with Crippen LogP contribution in [0.15, 0.2) is 63.7 Å². The maximum Gasteiger partial charge on any atom is 0.131 e. The van der Waals surface area contributed by atoms with Crippen molar-refractivity contribution >= 4 is 44.6 Å². The standard InChI is InChI=1S/C15H11BrClNOS/c16-10-3-1-4-11(9-10)18-15(12-5-2-8-19-12)13-6-7-14(17)20-13/h1-9,15,18H. The number of benzene rings is 1. The fourth-order valence-electron chi connectivity index (χ4n) is 1.97.